The summed E-state index contributed by atoms with van der Waals surface area (Å²) in [7, 11) is 0. The van der Waals surface area contributed by atoms with Gasteiger partial charge in [0.25, 0.3) is 0 Å². The van der Waals surface area contributed by atoms with Gasteiger partial charge >= 0.3 is 6.18 Å². The Morgan fingerprint density at radius 3 is 2.80 bits per heavy atom. The smallest absolute Gasteiger partial charge is 0.384 e. The van der Waals surface area contributed by atoms with Crippen LogP contribution in [0.2, 0.25) is 0 Å². The maximum absolute atomic E-state index is 12.3. The summed E-state index contributed by atoms with van der Waals surface area (Å²) in [6, 6.07) is 9.22. The molecular formula is C14H16F3N3. The number of hydrogen-bond donors (Lipinski definition) is 1. The predicted octanol–water partition coefficient (Wildman–Crippen LogP) is 2.85. The van der Waals surface area contributed by atoms with Gasteiger partial charge in [0, 0.05) is 13.1 Å². The van der Waals surface area contributed by atoms with Gasteiger partial charge in [0.2, 0.25) is 0 Å². The Morgan fingerprint density at radius 1 is 1.35 bits per heavy atom. The normalized spacial score (nSPS) is 19.8. The van der Waals surface area contributed by atoms with E-state index in [0.29, 0.717) is 25.2 Å². The van der Waals surface area contributed by atoms with Crippen molar-refractivity contribution in [2.24, 2.45) is 5.92 Å². The number of anilines is 1. The number of hydrogen-bond acceptors (Lipinski definition) is 3. The van der Waals surface area contributed by atoms with E-state index in [2.05, 4.69) is 11.4 Å². The van der Waals surface area contributed by atoms with Crippen LogP contribution in [0, 0.1) is 17.2 Å². The highest BCUT2D eigenvalue weighted by Crippen LogP contribution is 2.23. The van der Waals surface area contributed by atoms with E-state index < -0.39 is 12.7 Å². The molecule has 0 bridgehead atoms. The predicted molar refractivity (Wildman–Crippen MR) is 70.2 cm³/mol. The van der Waals surface area contributed by atoms with Gasteiger partial charge in [-0.05, 0) is 31.0 Å². The average molecular weight is 283 g/mol. The van der Waals surface area contributed by atoms with Crippen LogP contribution < -0.4 is 5.32 Å². The maximum atomic E-state index is 12.3. The molecule has 20 heavy (non-hydrogen) atoms. The van der Waals surface area contributed by atoms with Crippen molar-refractivity contribution in [1.82, 2.24) is 4.90 Å². The molecular weight excluding hydrogens is 267 g/mol. The molecule has 0 aliphatic carbocycles. The highest BCUT2D eigenvalue weighted by Gasteiger charge is 2.34. The zero-order chi connectivity index (χ0) is 14.6. The van der Waals surface area contributed by atoms with Gasteiger partial charge in [-0.3, -0.25) is 4.90 Å². The number of halogens is 3. The van der Waals surface area contributed by atoms with Gasteiger partial charge in [-0.1, -0.05) is 12.1 Å². The van der Waals surface area contributed by atoms with Crippen LogP contribution in [0.1, 0.15) is 12.0 Å². The number of nitrogens with zero attached hydrogens (tertiary/aromatic N) is 2. The lowest BCUT2D eigenvalue weighted by Gasteiger charge is -2.18. The second-order valence-corrected chi connectivity index (χ2v) is 5.04. The van der Waals surface area contributed by atoms with Gasteiger partial charge in [-0.25, -0.2) is 0 Å². The summed E-state index contributed by atoms with van der Waals surface area (Å²) in [5.41, 5.74) is 1.29. The third kappa shape index (κ3) is 4.14. The van der Waals surface area contributed by atoms with E-state index in [-0.39, 0.29) is 5.92 Å². The van der Waals surface area contributed by atoms with E-state index in [9.17, 15) is 13.2 Å². The van der Waals surface area contributed by atoms with Crippen molar-refractivity contribution in [1.29, 1.82) is 5.26 Å². The Morgan fingerprint density at radius 2 is 2.10 bits per heavy atom. The molecule has 1 saturated heterocycles. The second kappa shape index (κ2) is 6.14. The fraction of sp³-hybridized carbons (Fsp3) is 0.500. The third-order valence-corrected chi connectivity index (χ3v) is 3.40. The highest BCUT2D eigenvalue weighted by molar-refractivity contribution is 5.57. The van der Waals surface area contributed by atoms with Gasteiger partial charge in [0.15, 0.2) is 0 Å². The number of rotatable bonds is 4. The number of nitrogens with one attached hydrogen (secondary N) is 1. The number of para-hydroxylation sites is 1. The van der Waals surface area contributed by atoms with E-state index in [1.165, 1.54) is 4.90 Å². The zero-order valence-corrected chi connectivity index (χ0v) is 11.0. The first-order chi connectivity index (χ1) is 9.48. The lowest BCUT2D eigenvalue weighted by Crippen LogP contribution is -2.33. The molecule has 0 saturated carbocycles. The van der Waals surface area contributed by atoms with Crippen LogP contribution in [-0.4, -0.2) is 37.3 Å². The molecule has 6 heteroatoms. The molecule has 1 N–H and O–H groups in total. The number of benzene rings is 1. The topological polar surface area (TPSA) is 39.1 Å². The molecule has 1 aromatic carbocycles. The van der Waals surface area contributed by atoms with E-state index >= 15 is 0 Å². The minimum absolute atomic E-state index is 0.184. The summed E-state index contributed by atoms with van der Waals surface area (Å²) in [5, 5.41) is 12.1. The standard InChI is InChI=1S/C14H16F3N3/c15-14(16,17)10-20-6-5-11(9-20)8-19-13-4-2-1-3-12(13)7-18/h1-4,11,19H,5-6,8-10H2. The summed E-state index contributed by atoms with van der Waals surface area (Å²) in [6.45, 7) is 0.679. The lowest BCUT2D eigenvalue weighted by atomic mass is 10.1. The van der Waals surface area contributed by atoms with Gasteiger partial charge in [-0.15, -0.1) is 0 Å². The van der Waals surface area contributed by atoms with Crippen LogP contribution in [0.4, 0.5) is 18.9 Å². The molecule has 1 fully saturated rings. The molecule has 0 spiro atoms. The largest absolute Gasteiger partial charge is 0.401 e. The molecule has 108 valence electrons. The highest BCUT2D eigenvalue weighted by atomic mass is 19.4. The molecule has 1 atom stereocenters. The second-order valence-electron chi connectivity index (χ2n) is 5.04. The monoisotopic (exact) mass is 283 g/mol. The summed E-state index contributed by atoms with van der Waals surface area (Å²) in [5.74, 6) is 0.184. The summed E-state index contributed by atoms with van der Waals surface area (Å²) in [6.07, 6.45) is -3.38. The molecule has 0 aromatic heterocycles. The molecule has 0 radical (unpaired) electrons. The van der Waals surface area contributed by atoms with E-state index in [1.807, 2.05) is 6.07 Å². The Kier molecular flexibility index (Phi) is 4.50. The van der Waals surface area contributed by atoms with Crippen LogP contribution in [0.15, 0.2) is 24.3 Å². The van der Waals surface area contributed by atoms with Crippen molar-refractivity contribution in [3.05, 3.63) is 29.8 Å². The Bertz CT molecular complexity index is 493. The van der Waals surface area contributed by atoms with Crippen molar-refractivity contribution in [2.45, 2.75) is 12.6 Å². The van der Waals surface area contributed by atoms with Crippen molar-refractivity contribution in [3.63, 3.8) is 0 Å². The van der Waals surface area contributed by atoms with E-state index in [1.54, 1.807) is 18.2 Å². The van der Waals surface area contributed by atoms with Gasteiger partial charge in [0.05, 0.1) is 17.8 Å². The summed E-state index contributed by atoms with van der Waals surface area (Å²) in [4.78, 5) is 1.43. The van der Waals surface area contributed by atoms with Crippen molar-refractivity contribution < 1.29 is 13.2 Å². The lowest BCUT2D eigenvalue weighted by molar-refractivity contribution is -0.143. The molecule has 1 aliphatic rings. The fourth-order valence-electron chi connectivity index (χ4n) is 2.47. The number of nitriles is 1. The van der Waals surface area contributed by atoms with Crippen molar-refractivity contribution in [2.75, 3.05) is 31.5 Å². The van der Waals surface area contributed by atoms with Crippen molar-refractivity contribution in [3.8, 4) is 6.07 Å². The first-order valence-corrected chi connectivity index (χ1v) is 6.50. The van der Waals surface area contributed by atoms with Crippen LogP contribution >= 0.6 is 0 Å². The molecule has 0 amide bonds. The van der Waals surface area contributed by atoms with Crippen LogP contribution in [0.3, 0.4) is 0 Å². The summed E-state index contributed by atoms with van der Waals surface area (Å²) >= 11 is 0. The Hall–Kier alpha value is -1.74. The van der Waals surface area contributed by atoms with Crippen LogP contribution in [0.25, 0.3) is 0 Å². The molecule has 2 rings (SSSR count). The molecule has 1 unspecified atom stereocenters. The van der Waals surface area contributed by atoms with E-state index in [0.717, 1.165) is 12.1 Å². The molecule has 1 aromatic rings. The minimum Gasteiger partial charge on any atom is -0.384 e. The van der Waals surface area contributed by atoms with Crippen molar-refractivity contribution >= 4 is 5.69 Å². The average Bonchev–Trinajstić information content (AvgIpc) is 2.82. The van der Waals surface area contributed by atoms with Gasteiger partial charge in [0.1, 0.15) is 6.07 Å². The third-order valence-electron chi connectivity index (χ3n) is 3.40. The number of alkyl halides is 3. The quantitative estimate of drug-likeness (QED) is 0.923. The first-order valence-electron chi connectivity index (χ1n) is 6.50. The minimum atomic E-state index is -4.13. The molecule has 3 nitrogen and oxygen atoms in total. The van der Waals surface area contributed by atoms with Crippen LogP contribution in [-0.2, 0) is 0 Å². The Labute approximate surface area is 116 Å². The summed E-state index contributed by atoms with van der Waals surface area (Å²) < 4.78 is 36.9. The first kappa shape index (κ1) is 14.7. The maximum Gasteiger partial charge on any atom is 0.401 e. The van der Waals surface area contributed by atoms with Gasteiger partial charge in [-0.2, -0.15) is 18.4 Å². The van der Waals surface area contributed by atoms with Gasteiger partial charge < -0.3 is 5.32 Å². The van der Waals surface area contributed by atoms with E-state index in [4.69, 9.17) is 5.26 Å². The fourth-order valence-corrected chi connectivity index (χ4v) is 2.47. The van der Waals surface area contributed by atoms with Crippen LogP contribution in [0.5, 0.6) is 0 Å². The number of likely N-dealkylation sites (tertiary alicyclic amines) is 1. The SMILES string of the molecule is N#Cc1ccccc1NCC1CCN(CC(F)(F)F)C1. The molecule has 1 heterocycles. The molecule has 1 aliphatic heterocycles. The Balaban J connectivity index is 1.83. The zero-order valence-electron chi connectivity index (χ0n) is 11.0.